The van der Waals surface area contributed by atoms with Crippen molar-refractivity contribution in [3.05, 3.63) is 30.1 Å². The Kier molecular flexibility index (Phi) is 3.60. The first kappa shape index (κ1) is 13.6. The summed E-state index contributed by atoms with van der Waals surface area (Å²) in [7, 11) is 0. The topological polar surface area (TPSA) is 86.3 Å². The summed E-state index contributed by atoms with van der Waals surface area (Å²) in [5, 5.41) is 8.95. The number of aryl methyl sites for hydroxylation is 1. The summed E-state index contributed by atoms with van der Waals surface area (Å²) in [4.78, 5) is 32.3. The van der Waals surface area contributed by atoms with E-state index in [-0.39, 0.29) is 5.91 Å². The van der Waals surface area contributed by atoms with Crippen molar-refractivity contribution in [1.82, 2.24) is 14.9 Å². The van der Waals surface area contributed by atoms with E-state index in [1.54, 1.807) is 4.90 Å². The molecule has 6 heteroatoms. The highest BCUT2D eigenvalue weighted by molar-refractivity contribution is 5.79. The zero-order chi connectivity index (χ0) is 14.8. The average Bonchev–Trinajstić information content (AvgIpc) is 3.11. The molecule has 1 aliphatic rings. The number of carbonyl (C=O) groups is 2. The van der Waals surface area contributed by atoms with E-state index in [1.165, 1.54) is 0 Å². The van der Waals surface area contributed by atoms with Crippen molar-refractivity contribution in [3.63, 3.8) is 0 Å². The lowest BCUT2D eigenvalue weighted by atomic mass is 10.1. The second-order valence-electron chi connectivity index (χ2n) is 5.36. The Morgan fingerprint density at radius 2 is 2.19 bits per heavy atom. The minimum atomic E-state index is -0.817. The molecule has 6 nitrogen and oxygen atoms in total. The quantitative estimate of drug-likeness (QED) is 0.890. The Hall–Kier alpha value is -2.37. The number of imidazole rings is 1. The van der Waals surface area contributed by atoms with E-state index in [9.17, 15) is 9.59 Å². The van der Waals surface area contributed by atoms with Gasteiger partial charge in [-0.05, 0) is 18.6 Å². The van der Waals surface area contributed by atoms with Crippen LogP contribution in [0, 0.1) is 5.92 Å². The van der Waals surface area contributed by atoms with Crippen LogP contribution < -0.4 is 0 Å². The van der Waals surface area contributed by atoms with E-state index < -0.39 is 11.9 Å². The normalized spacial score (nSPS) is 18.3. The van der Waals surface area contributed by atoms with Gasteiger partial charge in [-0.15, -0.1) is 0 Å². The molecule has 1 fully saturated rings. The van der Waals surface area contributed by atoms with Gasteiger partial charge in [-0.3, -0.25) is 9.59 Å². The molecule has 0 unspecified atom stereocenters. The number of aromatic amines is 1. The lowest BCUT2D eigenvalue weighted by Gasteiger charge is -2.15. The number of carboxylic acids is 1. The molecule has 1 saturated heterocycles. The van der Waals surface area contributed by atoms with Crippen molar-refractivity contribution in [2.45, 2.75) is 19.3 Å². The Labute approximate surface area is 121 Å². The van der Waals surface area contributed by atoms with Crippen molar-refractivity contribution in [2.75, 3.05) is 13.1 Å². The molecule has 2 aromatic rings. The third-order valence-electron chi connectivity index (χ3n) is 3.90. The molecule has 1 atom stereocenters. The van der Waals surface area contributed by atoms with Gasteiger partial charge in [0.15, 0.2) is 0 Å². The number of carboxylic acid groups (broad SMARTS) is 1. The molecule has 0 saturated carbocycles. The summed E-state index contributed by atoms with van der Waals surface area (Å²) in [5.41, 5.74) is 1.86. The number of para-hydroxylation sites is 2. The van der Waals surface area contributed by atoms with Gasteiger partial charge in [0, 0.05) is 25.9 Å². The highest BCUT2D eigenvalue weighted by Crippen LogP contribution is 2.18. The Bertz CT molecular complexity index is 647. The second-order valence-corrected chi connectivity index (χ2v) is 5.36. The predicted molar refractivity (Wildman–Crippen MR) is 76.7 cm³/mol. The van der Waals surface area contributed by atoms with E-state index in [1.807, 2.05) is 24.3 Å². The van der Waals surface area contributed by atoms with E-state index in [0.29, 0.717) is 32.4 Å². The smallest absolute Gasteiger partial charge is 0.308 e. The van der Waals surface area contributed by atoms with Crippen molar-refractivity contribution >= 4 is 22.9 Å². The molecular weight excluding hydrogens is 270 g/mol. The molecule has 2 heterocycles. The zero-order valence-corrected chi connectivity index (χ0v) is 11.6. The number of likely N-dealkylation sites (tertiary alicyclic amines) is 1. The average molecular weight is 287 g/mol. The number of aromatic nitrogens is 2. The van der Waals surface area contributed by atoms with Gasteiger partial charge in [-0.1, -0.05) is 12.1 Å². The number of hydrogen-bond acceptors (Lipinski definition) is 3. The molecule has 21 heavy (non-hydrogen) atoms. The molecule has 2 N–H and O–H groups in total. The molecule has 110 valence electrons. The van der Waals surface area contributed by atoms with Crippen LogP contribution in [0.15, 0.2) is 24.3 Å². The van der Waals surface area contributed by atoms with Crippen molar-refractivity contribution < 1.29 is 14.7 Å². The molecule has 1 aliphatic heterocycles. The minimum absolute atomic E-state index is 0.000735. The first-order valence-electron chi connectivity index (χ1n) is 7.07. The van der Waals surface area contributed by atoms with Gasteiger partial charge in [0.25, 0.3) is 0 Å². The van der Waals surface area contributed by atoms with Crippen LogP contribution in [-0.2, 0) is 16.0 Å². The third kappa shape index (κ3) is 2.89. The highest BCUT2D eigenvalue weighted by Gasteiger charge is 2.30. The number of nitrogens with one attached hydrogen (secondary N) is 1. The van der Waals surface area contributed by atoms with Crippen LogP contribution in [0.2, 0.25) is 0 Å². The van der Waals surface area contributed by atoms with Gasteiger partial charge in [-0.2, -0.15) is 0 Å². The number of amides is 1. The zero-order valence-electron chi connectivity index (χ0n) is 11.6. The highest BCUT2D eigenvalue weighted by atomic mass is 16.4. The molecule has 1 aromatic heterocycles. The number of hydrogen-bond donors (Lipinski definition) is 2. The second kappa shape index (κ2) is 5.55. The van der Waals surface area contributed by atoms with Gasteiger partial charge in [0.2, 0.25) is 5.91 Å². The summed E-state index contributed by atoms with van der Waals surface area (Å²) in [6.45, 7) is 0.865. The van der Waals surface area contributed by atoms with Gasteiger partial charge in [-0.25, -0.2) is 4.98 Å². The van der Waals surface area contributed by atoms with Crippen molar-refractivity contribution in [2.24, 2.45) is 5.92 Å². The summed E-state index contributed by atoms with van der Waals surface area (Å²) >= 11 is 0. The maximum Gasteiger partial charge on any atom is 0.308 e. The molecule has 1 aromatic carbocycles. The number of rotatable bonds is 4. The van der Waals surface area contributed by atoms with Gasteiger partial charge in [0.1, 0.15) is 5.82 Å². The van der Waals surface area contributed by atoms with Crippen molar-refractivity contribution in [1.29, 1.82) is 0 Å². The van der Waals surface area contributed by atoms with Gasteiger partial charge < -0.3 is 15.0 Å². The van der Waals surface area contributed by atoms with Crippen LogP contribution in [0.5, 0.6) is 0 Å². The fourth-order valence-electron chi connectivity index (χ4n) is 2.70. The number of nitrogens with zero attached hydrogens (tertiary/aromatic N) is 2. The Morgan fingerprint density at radius 1 is 1.38 bits per heavy atom. The Morgan fingerprint density at radius 3 is 2.90 bits per heavy atom. The number of fused-ring (bicyclic) bond motifs is 1. The monoisotopic (exact) mass is 287 g/mol. The largest absolute Gasteiger partial charge is 0.481 e. The molecule has 0 spiro atoms. The Balaban J connectivity index is 1.57. The van der Waals surface area contributed by atoms with Crippen molar-refractivity contribution in [3.8, 4) is 0 Å². The summed E-state index contributed by atoms with van der Waals surface area (Å²) in [6, 6.07) is 7.74. The summed E-state index contributed by atoms with van der Waals surface area (Å²) < 4.78 is 0. The third-order valence-corrected chi connectivity index (χ3v) is 3.90. The van der Waals surface area contributed by atoms with E-state index in [4.69, 9.17) is 5.11 Å². The maximum atomic E-state index is 12.1. The molecular formula is C15H17N3O3. The standard InChI is InChI=1S/C15H17N3O3/c19-14(18-8-7-10(9-18)15(20)21)6-5-13-16-11-3-1-2-4-12(11)17-13/h1-4,10H,5-9H2,(H,16,17)(H,20,21)/t10-/m0/s1. The van der Waals surface area contributed by atoms with Gasteiger partial charge >= 0.3 is 5.97 Å². The number of benzene rings is 1. The van der Waals surface area contributed by atoms with E-state index >= 15 is 0 Å². The lowest BCUT2D eigenvalue weighted by molar-refractivity contribution is -0.141. The number of carbonyl (C=O) groups excluding carboxylic acids is 1. The van der Waals surface area contributed by atoms with Crippen LogP contribution in [0.1, 0.15) is 18.7 Å². The van der Waals surface area contributed by atoms with Gasteiger partial charge in [0.05, 0.1) is 17.0 Å². The number of H-pyrrole nitrogens is 1. The first-order chi connectivity index (χ1) is 10.1. The minimum Gasteiger partial charge on any atom is -0.481 e. The molecule has 1 amide bonds. The first-order valence-corrected chi connectivity index (χ1v) is 7.07. The van der Waals surface area contributed by atoms with E-state index in [2.05, 4.69) is 9.97 Å². The SMILES string of the molecule is O=C(O)[C@H]1CCN(C(=O)CCc2nc3ccccc3[nH]2)C1. The fraction of sp³-hybridized carbons (Fsp3) is 0.400. The van der Waals surface area contributed by atoms with Crippen LogP contribution in [0.3, 0.4) is 0 Å². The summed E-state index contributed by atoms with van der Waals surface area (Å²) in [5.74, 6) is -0.444. The lowest BCUT2D eigenvalue weighted by Crippen LogP contribution is -2.30. The maximum absolute atomic E-state index is 12.1. The molecule has 0 bridgehead atoms. The predicted octanol–water partition coefficient (Wildman–Crippen LogP) is 1.43. The van der Waals surface area contributed by atoms with Crippen LogP contribution in [0.25, 0.3) is 11.0 Å². The fourth-order valence-corrected chi connectivity index (χ4v) is 2.70. The molecule has 3 rings (SSSR count). The van der Waals surface area contributed by atoms with E-state index in [0.717, 1.165) is 16.9 Å². The molecule has 0 radical (unpaired) electrons. The molecule has 0 aliphatic carbocycles. The number of aliphatic carboxylic acids is 1. The van der Waals surface area contributed by atoms with Crippen LogP contribution >= 0.6 is 0 Å². The summed E-state index contributed by atoms with van der Waals surface area (Å²) in [6.07, 6.45) is 1.44. The van der Waals surface area contributed by atoms with Crippen LogP contribution in [-0.4, -0.2) is 44.9 Å². The van der Waals surface area contributed by atoms with Crippen LogP contribution in [0.4, 0.5) is 0 Å².